The number of nitrogens with two attached hydrogens (primary N) is 1. The Morgan fingerprint density at radius 3 is 2.53 bits per heavy atom. The van der Waals surface area contributed by atoms with E-state index in [1.807, 2.05) is 16.8 Å². The van der Waals surface area contributed by atoms with Gasteiger partial charge in [-0.05, 0) is 51.5 Å². The fraction of sp³-hybridized carbons (Fsp3) is 0.560. The molecule has 0 amide bonds. The molecule has 9 heteroatoms. The van der Waals surface area contributed by atoms with Crippen molar-refractivity contribution >= 4 is 22.8 Å². The van der Waals surface area contributed by atoms with E-state index in [2.05, 4.69) is 38.3 Å². The van der Waals surface area contributed by atoms with Gasteiger partial charge in [-0.1, -0.05) is 26.0 Å². The van der Waals surface area contributed by atoms with Gasteiger partial charge in [0.2, 0.25) is 5.95 Å². The standard InChI is InChI=1S/C25H37N7O2/c1-14(2)20-21-22(32(31-20)15(3)4)24(27-13-16-7-6-8-19(34-5)23(16)33)30-25(29-21)28-18-11-9-17(26)10-12-18/h6-8,14-15,17-18,33H,9-13,26H2,1-5H3,(H2,27,28,29,30). The maximum absolute atomic E-state index is 10.6. The Morgan fingerprint density at radius 1 is 1.15 bits per heavy atom. The maximum Gasteiger partial charge on any atom is 0.225 e. The van der Waals surface area contributed by atoms with E-state index in [0.29, 0.717) is 30.1 Å². The number of phenolic OH excluding ortho intramolecular Hbond substituents is 1. The molecule has 1 aromatic carbocycles. The number of methoxy groups -OCH3 is 1. The molecule has 2 heterocycles. The van der Waals surface area contributed by atoms with Gasteiger partial charge in [0, 0.05) is 30.2 Å². The van der Waals surface area contributed by atoms with Crippen LogP contribution in [-0.2, 0) is 6.54 Å². The largest absolute Gasteiger partial charge is 0.504 e. The molecule has 0 aliphatic heterocycles. The molecule has 2 aromatic heterocycles. The zero-order chi connectivity index (χ0) is 24.4. The van der Waals surface area contributed by atoms with E-state index in [1.54, 1.807) is 13.2 Å². The van der Waals surface area contributed by atoms with Crippen LogP contribution in [0, 0.1) is 0 Å². The van der Waals surface area contributed by atoms with E-state index in [0.717, 1.165) is 48.0 Å². The summed E-state index contributed by atoms with van der Waals surface area (Å²) in [5.41, 5.74) is 9.49. The van der Waals surface area contributed by atoms with Gasteiger partial charge in [0.1, 0.15) is 11.0 Å². The molecular formula is C25H37N7O2. The summed E-state index contributed by atoms with van der Waals surface area (Å²) < 4.78 is 7.25. The number of rotatable bonds is 8. The molecule has 1 saturated carbocycles. The van der Waals surface area contributed by atoms with Gasteiger partial charge in [-0.3, -0.25) is 4.68 Å². The minimum Gasteiger partial charge on any atom is -0.504 e. The predicted octanol–water partition coefficient (Wildman–Crippen LogP) is 4.54. The highest BCUT2D eigenvalue weighted by Gasteiger charge is 2.24. The van der Waals surface area contributed by atoms with Crippen molar-refractivity contribution in [1.29, 1.82) is 0 Å². The highest BCUT2D eigenvalue weighted by atomic mass is 16.5. The number of anilines is 2. The number of nitrogens with one attached hydrogen (secondary N) is 2. The average molecular weight is 468 g/mol. The van der Waals surface area contributed by atoms with Crippen LogP contribution in [0.2, 0.25) is 0 Å². The predicted molar refractivity (Wildman–Crippen MR) is 136 cm³/mol. The van der Waals surface area contributed by atoms with E-state index in [4.69, 9.17) is 25.5 Å². The number of hydrogen-bond donors (Lipinski definition) is 4. The second kappa shape index (κ2) is 10.0. The van der Waals surface area contributed by atoms with Crippen molar-refractivity contribution in [3.63, 3.8) is 0 Å². The summed E-state index contributed by atoms with van der Waals surface area (Å²) in [5.74, 6) is 2.07. The second-order valence-electron chi connectivity index (χ2n) is 9.75. The highest BCUT2D eigenvalue weighted by molar-refractivity contribution is 5.89. The van der Waals surface area contributed by atoms with E-state index in [1.165, 1.54) is 0 Å². The normalized spacial score (nSPS) is 18.6. The van der Waals surface area contributed by atoms with Crippen LogP contribution in [0.4, 0.5) is 11.8 Å². The third-order valence-corrected chi connectivity index (χ3v) is 6.46. The van der Waals surface area contributed by atoms with Crippen LogP contribution in [0.25, 0.3) is 11.0 Å². The van der Waals surface area contributed by atoms with Crippen LogP contribution in [-0.4, -0.2) is 44.0 Å². The molecule has 1 fully saturated rings. The molecule has 0 saturated heterocycles. The summed E-state index contributed by atoms with van der Waals surface area (Å²) in [6.07, 6.45) is 4.02. The third kappa shape index (κ3) is 4.89. The number of hydrogen-bond acceptors (Lipinski definition) is 8. The summed E-state index contributed by atoms with van der Waals surface area (Å²) >= 11 is 0. The molecule has 34 heavy (non-hydrogen) atoms. The summed E-state index contributed by atoms with van der Waals surface area (Å²) in [6, 6.07) is 6.20. The van der Waals surface area contributed by atoms with Crippen molar-refractivity contribution in [1.82, 2.24) is 19.7 Å². The number of aromatic hydroxyl groups is 1. The lowest BCUT2D eigenvalue weighted by Crippen LogP contribution is -2.33. The molecule has 1 aliphatic carbocycles. The second-order valence-corrected chi connectivity index (χ2v) is 9.75. The zero-order valence-electron chi connectivity index (χ0n) is 20.8. The first-order valence-corrected chi connectivity index (χ1v) is 12.2. The van der Waals surface area contributed by atoms with E-state index >= 15 is 0 Å². The minimum absolute atomic E-state index is 0.125. The Labute approximate surface area is 201 Å². The third-order valence-electron chi connectivity index (χ3n) is 6.46. The van der Waals surface area contributed by atoms with Gasteiger partial charge in [-0.2, -0.15) is 10.1 Å². The van der Waals surface area contributed by atoms with E-state index < -0.39 is 0 Å². The van der Waals surface area contributed by atoms with Crippen LogP contribution in [0.15, 0.2) is 18.2 Å². The molecule has 1 aliphatic rings. The summed E-state index contributed by atoms with van der Waals surface area (Å²) in [6.45, 7) is 8.85. The number of para-hydroxylation sites is 1. The van der Waals surface area contributed by atoms with Crippen molar-refractivity contribution < 1.29 is 9.84 Å². The zero-order valence-corrected chi connectivity index (χ0v) is 20.8. The van der Waals surface area contributed by atoms with E-state index in [9.17, 15) is 5.11 Å². The molecular weight excluding hydrogens is 430 g/mol. The van der Waals surface area contributed by atoms with Crippen molar-refractivity contribution in [3.8, 4) is 11.5 Å². The van der Waals surface area contributed by atoms with Crippen molar-refractivity contribution in [3.05, 3.63) is 29.5 Å². The van der Waals surface area contributed by atoms with Crippen LogP contribution in [0.3, 0.4) is 0 Å². The number of nitrogens with zero attached hydrogens (tertiary/aromatic N) is 4. The Balaban J connectivity index is 1.74. The molecule has 0 bridgehead atoms. The molecule has 0 atom stereocenters. The van der Waals surface area contributed by atoms with Crippen molar-refractivity contribution in [2.24, 2.45) is 5.73 Å². The summed E-state index contributed by atoms with van der Waals surface area (Å²) in [7, 11) is 1.55. The topological polar surface area (TPSA) is 123 Å². The SMILES string of the molecule is COc1cccc(CNc2nc(NC3CCC(N)CC3)nc3c(C(C)C)nn(C(C)C)c23)c1O. The number of aromatic nitrogens is 4. The molecule has 4 rings (SSSR count). The van der Waals surface area contributed by atoms with Crippen LogP contribution >= 0.6 is 0 Å². The van der Waals surface area contributed by atoms with Crippen molar-refractivity contribution in [2.75, 3.05) is 17.7 Å². The van der Waals surface area contributed by atoms with Gasteiger partial charge in [0.25, 0.3) is 0 Å². The number of benzene rings is 1. The highest BCUT2D eigenvalue weighted by Crippen LogP contribution is 2.34. The number of phenols is 1. The molecule has 3 aromatic rings. The van der Waals surface area contributed by atoms with Crippen LogP contribution < -0.4 is 21.1 Å². The van der Waals surface area contributed by atoms with Gasteiger partial charge >= 0.3 is 0 Å². The lowest BCUT2D eigenvalue weighted by Gasteiger charge is -2.27. The minimum atomic E-state index is 0.125. The summed E-state index contributed by atoms with van der Waals surface area (Å²) in [4.78, 5) is 9.81. The average Bonchev–Trinajstić information content (AvgIpc) is 3.20. The Bertz CT molecular complexity index is 1130. The Morgan fingerprint density at radius 2 is 1.88 bits per heavy atom. The van der Waals surface area contributed by atoms with Gasteiger partial charge in [-0.25, -0.2) is 4.98 Å². The first-order valence-electron chi connectivity index (χ1n) is 12.2. The lowest BCUT2D eigenvalue weighted by atomic mass is 9.92. The summed E-state index contributed by atoms with van der Waals surface area (Å²) in [5, 5.41) is 22.4. The van der Waals surface area contributed by atoms with Gasteiger partial charge in [0.15, 0.2) is 17.3 Å². The monoisotopic (exact) mass is 467 g/mol. The Hall–Kier alpha value is -3.07. The van der Waals surface area contributed by atoms with Crippen LogP contribution in [0.5, 0.6) is 11.5 Å². The maximum atomic E-state index is 10.6. The Kier molecular flexibility index (Phi) is 7.11. The molecule has 0 unspecified atom stereocenters. The molecule has 9 nitrogen and oxygen atoms in total. The quantitative estimate of drug-likeness (QED) is 0.381. The molecule has 184 valence electrons. The smallest absolute Gasteiger partial charge is 0.225 e. The first kappa shape index (κ1) is 24.1. The van der Waals surface area contributed by atoms with Crippen LogP contribution in [0.1, 0.15) is 76.6 Å². The molecule has 0 spiro atoms. The first-order chi connectivity index (χ1) is 16.3. The van der Waals surface area contributed by atoms with Gasteiger partial charge in [0.05, 0.1) is 12.8 Å². The van der Waals surface area contributed by atoms with Crippen molar-refractivity contribution in [2.45, 2.75) is 84.0 Å². The molecule has 0 radical (unpaired) electrons. The fourth-order valence-corrected chi connectivity index (χ4v) is 4.51. The van der Waals surface area contributed by atoms with E-state index in [-0.39, 0.29) is 23.8 Å². The molecule has 5 N–H and O–H groups in total. The lowest BCUT2D eigenvalue weighted by molar-refractivity contribution is 0.371. The fourth-order valence-electron chi connectivity index (χ4n) is 4.51. The number of fused-ring (bicyclic) bond motifs is 1. The van der Waals surface area contributed by atoms with Gasteiger partial charge < -0.3 is 26.2 Å². The van der Waals surface area contributed by atoms with Gasteiger partial charge in [-0.15, -0.1) is 0 Å². The number of ether oxygens (including phenoxy) is 1.